The van der Waals surface area contributed by atoms with Gasteiger partial charge in [0.25, 0.3) is 0 Å². The smallest absolute Gasteiger partial charge is 0.223 e. The molecular formula is C11H23NOSi. The van der Waals surface area contributed by atoms with Gasteiger partial charge < -0.3 is 5.32 Å². The molecule has 0 aliphatic heterocycles. The predicted molar refractivity (Wildman–Crippen MR) is 65.2 cm³/mol. The van der Waals surface area contributed by atoms with Gasteiger partial charge in [-0.3, -0.25) is 4.79 Å². The molecule has 0 heterocycles. The van der Waals surface area contributed by atoms with Crippen LogP contribution in [0.1, 0.15) is 19.8 Å². The quantitative estimate of drug-likeness (QED) is 0.410. The van der Waals surface area contributed by atoms with E-state index in [-0.39, 0.29) is 5.91 Å². The van der Waals surface area contributed by atoms with E-state index in [0.717, 1.165) is 13.0 Å². The van der Waals surface area contributed by atoms with E-state index in [4.69, 9.17) is 0 Å². The summed E-state index contributed by atoms with van der Waals surface area (Å²) in [4.78, 5) is 11.2. The molecule has 0 atom stereocenters. The zero-order chi connectivity index (χ0) is 11.0. The standard InChI is InChI=1S/C11H23NOSi/c1-5-6-8-11(13)12-9-7-10-14(2,3)4/h5-6H,7-10H2,1-4H3,(H,12,13). The van der Waals surface area contributed by atoms with Gasteiger partial charge in [-0.15, -0.1) is 0 Å². The van der Waals surface area contributed by atoms with Crippen molar-refractivity contribution in [2.75, 3.05) is 6.54 Å². The largest absolute Gasteiger partial charge is 0.356 e. The van der Waals surface area contributed by atoms with Crippen LogP contribution in [0.15, 0.2) is 12.2 Å². The number of allylic oxidation sites excluding steroid dienone is 1. The fourth-order valence-corrected chi connectivity index (χ4v) is 2.38. The number of carbonyl (C=O) groups excluding carboxylic acids is 1. The minimum absolute atomic E-state index is 0.138. The molecule has 0 rings (SSSR count). The lowest BCUT2D eigenvalue weighted by molar-refractivity contribution is -0.120. The molecule has 0 saturated heterocycles. The number of nitrogens with one attached hydrogen (secondary N) is 1. The van der Waals surface area contributed by atoms with Crippen LogP contribution in [0.4, 0.5) is 0 Å². The first-order valence-corrected chi connectivity index (χ1v) is 9.04. The molecule has 0 spiro atoms. The number of amides is 1. The second-order valence-corrected chi connectivity index (χ2v) is 10.4. The normalized spacial score (nSPS) is 12.0. The molecule has 0 saturated carbocycles. The molecule has 0 aliphatic rings. The molecule has 0 aromatic heterocycles. The van der Waals surface area contributed by atoms with E-state index in [9.17, 15) is 4.79 Å². The van der Waals surface area contributed by atoms with Crippen molar-refractivity contribution in [1.82, 2.24) is 5.32 Å². The summed E-state index contributed by atoms with van der Waals surface area (Å²) < 4.78 is 0. The zero-order valence-electron chi connectivity index (χ0n) is 9.89. The molecule has 82 valence electrons. The van der Waals surface area contributed by atoms with Crippen molar-refractivity contribution in [2.24, 2.45) is 0 Å². The van der Waals surface area contributed by atoms with Gasteiger partial charge in [0.2, 0.25) is 5.91 Å². The molecule has 0 fully saturated rings. The van der Waals surface area contributed by atoms with Gasteiger partial charge in [0.05, 0.1) is 0 Å². The summed E-state index contributed by atoms with van der Waals surface area (Å²) in [5.41, 5.74) is 0. The minimum atomic E-state index is -0.920. The lowest BCUT2D eigenvalue weighted by atomic mass is 10.3. The van der Waals surface area contributed by atoms with Gasteiger partial charge in [0.1, 0.15) is 0 Å². The van der Waals surface area contributed by atoms with Crippen LogP contribution < -0.4 is 5.32 Å². The van der Waals surface area contributed by atoms with E-state index in [2.05, 4.69) is 25.0 Å². The summed E-state index contributed by atoms with van der Waals surface area (Å²) in [6, 6.07) is 1.29. The van der Waals surface area contributed by atoms with Crippen molar-refractivity contribution in [3.63, 3.8) is 0 Å². The van der Waals surface area contributed by atoms with Crippen molar-refractivity contribution >= 4 is 14.0 Å². The Morgan fingerprint density at radius 1 is 1.36 bits per heavy atom. The Morgan fingerprint density at radius 3 is 2.50 bits per heavy atom. The van der Waals surface area contributed by atoms with Crippen molar-refractivity contribution < 1.29 is 4.79 Å². The van der Waals surface area contributed by atoms with Crippen LogP contribution in [-0.4, -0.2) is 20.5 Å². The van der Waals surface area contributed by atoms with Crippen LogP contribution >= 0.6 is 0 Å². The summed E-state index contributed by atoms with van der Waals surface area (Å²) in [5.74, 6) is 0.138. The molecule has 0 unspecified atom stereocenters. The van der Waals surface area contributed by atoms with Crippen LogP contribution in [0.5, 0.6) is 0 Å². The second-order valence-electron chi connectivity index (χ2n) is 4.79. The van der Waals surface area contributed by atoms with E-state index in [0.29, 0.717) is 6.42 Å². The summed E-state index contributed by atoms with van der Waals surface area (Å²) in [6.45, 7) is 9.83. The Bertz CT molecular complexity index is 194. The maximum absolute atomic E-state index is 11.2. The van der Waals surface area contributed by atoms with Crippen molar-refractivity contribution in [3.8, 4) is 0 Å². The van der Waals surface area contributed by atoms with Gasteiger partial charge in [-0.2, -0.15) is 0 Å². The lowest BCUT2D eigenvalue weighted by Gasteiger charge is -2.15. The first-order valence-electron chi connectivity index (χ1n) is 5.33. The van der Waals surface area contributed by atoms with E-state index in [1.165, 1.54) is 6.04 Å². The Kier molecular flexibility index (Phi) is 6.54. The average molecular weight is 213 g/mol. The maximum atomic E-state index is 11.2. The molecule has 0 bridgehead atoms. The number of hydrogen-bond donors (Lipinski definition) is 1. The SMILES string of the molecule is CC=CCC(=O)NCCC[Si](C)(C)C. The highest BCUT2D eigenvalue weighted by atomic mass is 28.3. The molecule has 0 aromatic carbocycles. The third-order valence-corrected chi connectivity index (χ3v) is 3.82. The van der Waals surface area contributed by atoms with Gasteiger partial charge in [0, 0.05) is 21.0 Å². The van der Waals surface area contributed by atoms with E-state index in [1.807, 2.05) is 19.1 Å². The zero-order valence-corrected chi connectivity index (χ0v) is 10.9. The average Bonchev–Trinajstić information content (AvgIpc) is 2.07. The van der Waals surface area contributed by atoms with E-state index < -0.39 is 8.07 Å². The number of rotatable bonds is 6. The molecule has 1 amide bonds. The summed E-state index contributed by atoms with van der Waals surface area (Å²) in [5, 5.41) is 2.92. The number of hydrogen-bond acceptors (Lipinski definition) is 1. The van der Waals surface area contributed by atoms with Gasteiger partial charge in [-0.1, -0.05) is 37.8 Å². The Morgan fingerprint density at radius 2 is 2.00 bits per heavy atom. The van der Waals surface area contributed by atoms with E-state index in [1.54, 1.807) is 0 Å². The summed E-state index contributed by atoms with van der Waals surface area (Å²) in [6.07, 6.45) is 5.43. The third-order valence-electron chi connectivity index (χ3n) is 1.96. The number of carbonyl (C=O) groups is 1. The van der Waals surface area contributed by atoms with Gasteiger partial charge in [-0.25, -0.2) is 0 Å². The Balaban J connectivity index is 3.41. The second kappa shape index (κ2) is 6.82. The van der Waals surface area contributed by atoms with Crippen LogP contribution in [-0.2, 0) is 4.79 Å². The highest BCUT2D eigenvalue weighted by molar-refractivity contribution is 6.76. The topological polar surface area (TPSA) is 29.1 Å². The Labute approximate surface area is 88.8 Å². The van der Waals surface area contributed by atoms with Crippen molar-refractivity contribution in [2.45, 2.75) is 45.5 Å². The van der Waals surface area contributed by atoms with Gasteiger partial charge >= 0.3 is 0 Å². The van der Waals surface area contributed by atoms with Crippen LogP contribution in [0.2, 0.25) is 25.7 Å². The fourth-order valence-electron chi connectivity index (χ4n) is 1.14. The molecule has 0 radical (unpaired) electrons. The Hall–Kier alpha value is -0.573. The van der Waals surface area contributed by atoms with Gasteiger partial charge in [0.15, 0.2) is 0 Å². The highest BCUT2D eigenvalue weighted by Crippen LogP contribution is 2.09. The highest BCUT2D eigenvalue weighted by Gasteiger charge is 2.11. The first-order chi connectivity index (χ1) is 6.45. The predicted octanol–water partition coefficient (Wildman–Crippen LogP) is 2.80. The lowest BCUT2D eigenvalue weighted by Crippen LogP contribution is -2.26. The fraction of sp³-hybridized carbons (Fsp3) is 0.727. The first kappa shape index (κ1) is 13.4. The van der Waals surface area contributed by atoms with Crippen molar-refractivity contribution in [1.29, 1.82) is 0 Å². The third kappa shape index (κ3) is 9.51. The molecule has 14 heavy (non-hydrogen) atoms. The van der Waals surface area contributed by atoms with E-state index >= 15 is 0 Å². The minimum Gasteiger partial charge on any atom is -0.356 e. The molecular weight excluding hydrogens is 190 g/mol. The van der Waals surface area contributed by atoms with Crippen LogP contribution in [0.3, 0.4) is 0 Å². The molecule has 0 aromatic rings. The van der Waals surface area contributed by atoms with Gasteiger partial charge in [-0.05, 0) is 13.3 Å². The summed E-state index contributed by atoms with van der Waals surface area (Å²) >= 11 is 0. The van der Waals surface area contributed by atoms with Crippen LogP contribution in [0.25, 0.3) is 0 Å². The molecule has 2 nitrogen and oxygen atoms in total. The molecule has 0 aliphatic carbocycles. The van der Waals surface area contributed by atoms with Crippen LogP contribution in [0, 0.1) is 0 Å². The molecule has 3 heteroatoms. The molecule has 1 N–H and O–H groups in total. The maximum Gasteiger partial charge on any atom is 0.223 e. The van der Waals surface area contributed by atoms with Crippen molar-refractivity contribution in [3.05, 3.63) is 12.2 Å². The summed E-state index contributed by atoms with van der Waals surface area (Å²) in [7, 11) is -0.920. The monoisotopic (exact) mass is 213 g/mol.